The van der Waals surface area contributed by atoms with Gasteiger partial charge in [0.1, 0.15) is 0 Å². The van der Waals surface area contributed by atoms with E-state index in [1.165, 1.54) is 60.1 Å². The number of hydrogen-bond donors (Lipinski definition) is 0. The third kappa shape index (κ3) is 5.44. The van der Waals surface area contributed by atoms with E-state index in [0.29, 0.717) is 0 Å². The molecule has 0 aliphatic carbocycles. The first-order valence-corrected chi connectivity index (χ1v) is 20.2. The summed E-state index contributed by atoms with van der Waals surface area (Å²) in [6.45, 7) is 0. The van der Waals surface area contributed by atoms with Crippen LogP contribution in [0.5, 0.6) is 11.5 Å². The molecule has 12 rings (SSSR count). The Kier molecular flexibility index (Phi) is 7.54. The first-order chi connectivity index (χ1) is 29.2. The second-order valence-corrected chi connectivity index (χ2v) is 15.3. The Balaban J connectivity index is 0.971. The van der Waals surface area contributed by atoms with E-state index in [2.05, 4.69) is 216 Å². The maximum Gasteiger partial charge on any atom is 0.152 e. The molecule has 3 heteroatoms. The van der Waals surface area contributed by atoms with Crippen molar-refractivity contribution in [2.75, 3.05) is 4.90 Å². The highest BCUT2D eigenvalue weighted by atomic mass is 16.5. The van der Waals surface area contributed by atoms with Crippen LogP contribution in [0.15, 0.2) is 218 Å². The summed E-state index contributed by atoms with van der Waals surface area (Å²) >= 11 is 0. The summed E-state index contributed by atoms with van der Waals surface area (Å²) in [5.41, 5.74) is 13.7. The predicted octanol–water partition coefficient (Wildman–Crippen LogP) is 15.7. The Bertz CT molecular complexity index is 3400. The number of para-hydroxylation sites is 3. The number of ether oxygens (including phenoxy) is 1. The Hall–Kier alpha value is -7.88. The molecule has 2 heterocycles. The van der Waals surface area contributed by atoms with Gasteiger partial charge in [0.2, 0.25) is 0 Å². The number of rotatable bonds is 6. The SMILES string of the molecule is c1ccc(-c2ccc(N(c3ccc(-c4cccc5c4ccc4ccccc45)cc3)c3cccc(-c4ccc5c(c4)c4cccc6c4n5-c4ccccc4O6)c3)cc2)cc1. The van der Waals surface area contributed by atoms with Crippen LogP contribution in [-0.2, 0) is 0 Å². The lowest BCUT2D eigenvalue weighted by Gasteiger charge is -2.26. The maximum atomic E-state index is 6.39. The van der Waals surface area contributed by atoms with Crippen molar-refractivity contribution in [3.63, 3.8) is 0 Å². The molecule has 1 aromatic heterocycles. The van der Waals surface area contributed by atoms with Gasteiger partial charge in [-0.25, -0.2) is 0 Å². The molecule has 0 bridgehead atoms. The Morgan fingerprint density at radius 2 is 0.966 bits per heavy atom. The van der Waals surface area contributed by atoms with Crippen molar-refractivity contribution < 1.29 is 4.74 Å². The molecule has 10 aromatic carbocycles. The van der Waals surface area contributed by atoms with E-state index in [4.69, 9.17) is 4.74 Å². The molecule has 0 saturated carbocycles. The van der Waals surface area contributed by atoms with Gasteiger partial charge in [-0.15, -0.1) is 0 Å². The number of nitrogens with zero attached hydrogens (tertiary/aromatic N) is 2. The quantitative estimate of drug-likeness (QED) is 0.157. The number of anilines is 3. The molecule has 0 atom stereocenters. The number of aromatic nitrogens is 1. The van der Waals surface area contributed by atoms with Gasteiger partial charge in [0.25, 0.3) is 0 Å². The summed E-state index contributed by atoms with van der Waals surface area (Å²) < 4.78 is 8.74. The van der Waals surface area contributed by atoms with E-state index < -0.39 is 0 Å². The minimum Gasteiger partial charge on any atom is -0.453 e. The van der Waals surface area contributed by atoms with Crippen LogP contribution in [0.1, 0.15) is 0 Å². The lowest BCUT2D eigenvalue weighted by molar-refractivity contribution is 0.476. The van der Waals surface area contributed by atoms with Crippen LogP contribution >= 0.6 is 0 Å². The molecule has 0 fully saturated rings. The highest BCUT2D eigenvalue weighted by Gasteiger charge is 2.24. The molecular formula is C56H36N2O. The topological polar surface area (TPSA) is 17.4 Å². The second kappa shape index (κ2) is 13.4. The molecule has 1 aliphatic rings. The predicted molar refractivity (Wildman–Crippen MR) is 247 cm³/mol. The van der Waals surface area contributed by atoms with Crippen molar-refractivity contribution in [2.24, 2.45) is 0 Å². The van der Waals surface area contributed by atoms with Crippen molar-refractivity contribution in [1.82, 2.24) is 4.57 Å². The van der Waals surface area contributed by atoms with Crippen LogP contribution < -0.4 is 9.64 Å². The van der Waals surface area contributed by atoms with E-state index in [1.807, 2.05) is 12.1 Å². The zero-order valence-corrected chi connectivity index (χ0v) is 32.1. The van der Waals surface area contributed by atoms with Gasteiger partial charge >= 0.3 is 0 Å². The summed E-state index contributed by atoms with van der Waals surface area (Å²) in [6.07, 6.45) is 0. The van der Waals surface area contributed by atoms with Crippen molar-refractivity contribution in [2.45, 2.75) is 0 Å². The molecule has 0 amide bonds. The molecule has 0 radical (unpaired) electrons. The molecule has 0 N–H and O–H groups in total. The van der Waals surface area contributed by atoms with Crippen molar-refractivity contribution in [3.05, 3.63) is 218 Å². The first kappa shape index (κ1) is 33.3. The molecular weight excluding hydrogens is 717 g/mol. The molecule has 0 saturated heterocycles. The van der Waals surface area contributed by atoms with Crippen LogP contribution in [0.25, 0.3) is 82.4 Å². The van der Waals surface area contributed by atoms with Gasteiger partial charge in [-0.2, -0.15) is 0 Å². The van der Waals surface area contributed by atoms with E-state index in [9.17, 15) is 0 Å². The second-order valence-electron chi connectivity index (χ2n) is 15.3. The normalized spacial score (nSPS) is 11.9. The largest absolute Gasteiger partial charge is 0.453 e. The van der Waals surface area contributed by atoms with Gasteiger partial charge in [-0.3, -0.25) is 0 Å². The van der Waals surface area contributed by atoms with E-state index in [1.54, 1.807) is 0 Å². The highest BCUT2D eigenvalue weighted by Crippen LogP contribution is 2.46. The van der Waals surface area contributed by atoms with E-state index in [0.717, 1.165) is 50.9 Å². The Labute approximate surface area is 342 Å². The summed E-state index contributed by atoms with van der Waals surface area (Å²) in [5.74, 6) is 1.76. The van der Waals surface area contributed by atoms with Crippen LogP contribution in [0.2, 0.25) is 0 Å². The fraction of sp³-hybridized carbons (Fsp3) is 0. The zero-order chi connectivity index (χ0) is 38.9. The molecule has 3 nitrogen and oxygen atoms in total. The Morgan fingerprint density at radius 3 is 1.83 bits per heavy atom. The zero-order valence-electron chi connectivity index (χ0n) is 32.1. The van der Waals surface area contributed by atoms with Gasteiger partial charge in [0.05, 0.1) is 16.7 Å². The minimum atomic E-state index is 0.873. The minimum absolute atomic E-state index is 0.873. The summed E-state index contributed by atoms with van der Waals surface area (Å²) in [7, 11) is 0. The van der Waals surface area contributed by atoms with Gasteiger partial charge in [-0.05, 0) is 122 Å². The lowest BCUT2D eigenvalue weighted by Crippen LogP contribution is -2.10. The first-order valence-electron chi connectivity index (χ1n) is 20.2. The van der Waals surface area contributed by atoms with Crippen molar-refractivity contribution >= 4 is 60.4 Å². The molecule has 11 aromatic rings. The smallest absolute Gasteiger partial charge is 0.152 e. The fourth-order valence-electron chi connectivity index (χ4n) is 9.18. The van der Waals surface area contributed by atoms with Crippen LogP contribution in [0.3, 0.4) is 0 Å². The van der Waals surface area contributed by atoms with E-state index in [-0.39, 0.29) is 0 Å². The summed E-state index contributed by atoms with van der Waals surface area (Å²) in [6, 6.07) is 78.8. The third-order valence-corrected chi connectivity index (χ3v) is 12.0. The monoisotopic (exact) mass is 752 g/mol. The molecule has 59 heavy (non-hydrogen) atoms. The molecule has 1 aliphatic heterocycles. The maximum absolute atomic E-state index is 6.39. The standard InChI is InChI=1S/C56H36N2O/c1-2-11-37(12-3-1)38-23-29-43(30-24-38)57(44-31-25-40(26-32-44)47-17-9-18-48-46-16-5-4-13-39(46)27-33-49(47)48)45-15-8-14-41(35-45)42-28-34-52-51(36-42)50-19-10-22-55-56(50)58(52)53-20-6-7-21-54(53)59-55/h1-36H. The van der Waals surface area contributed by atoms with Gasteiger partial charge in [-0.1, -0.05) is 152 Å². The van der Waals surface area contributed by atoms with Crippen LogP contribution in [-0.4, -0.2) is 4.57 Å². The third-order valence-electron chi connectivity index (χ3n) is 12.0. The van der Waals surface area contributed by atoms with Gasteiger partial charge < -0.3 is 14.2 Å². The van der Waals surface area contributed by atoms with E-state index >= 15 is 0 Å². The van der Waals surface area contributed by atoms with Gasteiger partial charge in [0.15, 0.2) is 11.5 Å². The average Bonchev–Trinajstić information content (AvgIpc) is 3.65. The summed E-state index contributed by atoms with van der Waals surface area (Å²) in [5, 5.41) is 7.46. The lowest BCUT2D eigenvalue weighted by atomic mass is 9.94. The molecule has 0 spiro atoms. The van der Waals surface area contributed by atoms with Crippen molar-refractivity contribution in [1.29, 1.82) is 0 Å². The van der Waals surface area contributed by atoms with Crippen molar-refractivity contribution in [3.8, 4) is 50.6 Å². The number of hydrogen-bond acceptors (Lipinski definition) is 2. The number of fused-ring (bicyclic) bond motifs is 8. The average molecular weight is 753 g/mol. The molecule has 276 valence electrons. The number of benzene rings is 10. The van der Waals surface area contributed by atoms with Crippen LogP contribution in [0, 0.1) is 0 Å². The fourth-order valence-corrected chi connectivity index (χ4v) is 9.18. The highest BCUT2D eigenvalue weighted by molar-refractivity contribution is 6.14. The van der Waals surface area contributed by atoms with Gasteiger partial charge in [0, 0.05) is 27.8 Å². The Morgan fingerprint density at radius 1 is 0.339 bits per heavy atom. The molecule has 0 unspecified atom stereocenters. The van der Waals surface area contributed by atoms with Crippen LogP contribution in [0.4, 0.5) is 17.1 Å². The summed E-state index contributed by atoms with van der Waals surface area (Å²) in [4.78, 5) is 2.37.